The maximum Gasteiger partial charge on any atom is 0.229 e. The Hall–Kier alpha value is -1.90. The van der Waals surface area contributed by atoms with Crippen molar-refractivity contribution in [2.75, 3.05) is 11.0 Å². The van der Waals surface area contributed by atoms with Crippen LogP contribution in [0.1, 0.15) is 5.56 Å². The molecule has 0 aliphatic heterocycles. The lowest BCUT2D eigenvalue weighted by Crippen LogP contribution is -2.30. The number of nitrogens with one attached hydrogen (secondary N) is 2. The zero-order valence-corrected chi connectivity index (χ0v) is 15.3. The lowest BCUT2D eigenvalue weighted by molar-refractivity contribution is -0.109. The Labute approximate surface area is 151 Å². The standard InChI is InChI=1S/C16H16N2O3S3/c1-24(20,21)18-14-8-7-12(15(22)16(23)17-10-19)9-13(14)11-5-3-2-4-6-11/h2-10,16,18,23H,1H3,(H,17,19). The minimum Gasteiger partial charge on any atom is -0.342 e. The number of thiol groups is 1. The van der Waals surface area contributed by atoms with E-state index < -0.39 is 15.4 Å². The van der Waals surface area contributed by atoms with Gasteiger partial charge in [-0.2, -0.15) is 0 Å². The highest BCUT2D eigenvalue weighted by Crippen LogP contribution is 2.30. The maximum atomic E-state index is 11.6. The number of hydrogen-bond donors (Lipinski definition) is 3. The molecular weight excluding hydrogens is 364 g/mol. The molecule has 0 aliphatic carbocycles. The van der Waals surface area contributed by atoms with Crippen molar-refractivity contribution in [1.29, 1.82) is 0 Å². The van der Waals surface area contributed by atoms with Gasteiger partial charge in [-0.3, -0.25) is 9.52 Å². The highest BCUT2D eigenvalue weighted by molar-refractivity contribution is 7.92. The third-order valence-corrected chi connectivity index (χ3v) is 4.80. The van der Waals surface area contributed by atoms with E-state index >= 15 is 0 Å². The largest absolute Gasteiger partial charge is 0.342 e. The first-order valence-corrected chi connectivity index (χ1v) is 9.72. The molecule has 0 aliphatic rings. The van der Waals surface area contributed by atoms with Gasteiger partial charge in [0.2, 0.25) is 16.4 Å². The molecule has 126 valence electrons. The number of sulfonamides is 1. The minimum atomic E-state index is -3.42. The van der Waals surface area contributed by atoms with Gasteiger partial charge >= 0.3 is 0 Å². The fourth-order valence-electron chi connectivity index (χ4n) is 2.14. The zero-order valence-electron chi connectivity index (χ0n) is 12.8. The molecule has 8 heteroatoms. The Morgan fingerprint density at radius 2 is 1.88 bits per heavy atom. The number of benzene rings is 2. The highest BCUT2D eigenvalue weighted by Gasteiger charge is 2.15. The monoisotopic (exact) mass is 380 g/mol. The van der Waals surface area contributed by atoms with Gasteiger partial charge in [0.1, 0.15) is 5.37 Å². The summed E-state index contributed by atoms with van der Waals surface area (Å²) in [6.07, 6.45) is 1.62. The molecule has 2 aromatic rings. The first-order valence-electron chi connectivity index (χ1n) is 6.91. The molecule has 1 amide bonds. The third kappa shape index (κ3) is 4.80. The molecule has 0 fully saturated rings. The molecule has 1 atom stereocenters. The van der Waals surface area contributed by atoms with Crippen molar-refractivity contribution in [2.45, 2.75) is 5.37 Å². The van der Waals surface area contributed by atoms with Crippen molar-refractivity contribution in [3.8, 4) is 11.1 Å². The predicted molar refractivity (Wildman–Crippen MR) is 104 cm³/mol. The number of amides is 1. The van der Waals surface area contributed by atoms with Crippen molar-refractivity contribution >= 4 is 51.8 Å². The van der Waals surface area contributed by atoms with Crippen LogP contribution in [0.4, 0.5) is 5.69 Å². The topological polar surface area (TPSA) is 75.3 Å². The first-order chi connectivity index (χ1) is 11.3. The normalized spacial score (nSPS) is 12.2. The number of carbonyl (C=O) groups is 1. The lowest BCUT2D eigenvalue weighted by Gasteiger charge is -2.16. The molecule has 5 nitrogen and oxygen atoms in total. The SMILES string of the molecule is CS(=O)(=O)Nc1ccc(C(=S)C(S)NC=O)cc1-c1ccccc1. The molecular formula is C16H16N2O3S3. The molecule has 1 unspecified atom stereocenters. The van der Waals surface area contributed by atoms with Crippen molar-refractivity contribution in [2.24, 2.45) is 0 Å². The van der Waals surface area contributed by atoms with E-state index in [0.717, 1.165) is 11.8 Å². The lowest BCUT2D eigenvalue weighted by atomic mass is 10.00. The predicted octanol–water partition coefficient (Wildman–Crippen LogP) is 2.45. The summed E-state index contributed by atoms with van der Waals surface area (Å²) in [6, 6.07) is 14.5. The average Bonchev–Trinajstić information content (AvgIpc) is 2.54. The summed E-state index contributed by atoms with van der Waals surface area (Å²) in [5.74, 6) is 0. The average molecular weight is 381 g/mol. The summed E-state index contributed by atoms with van der Waals surface area (Å²) in [5, 5.41) is 1.88. The van der Waals surface area contributed by atoms with Crippen molar-refractivity contribution in [3.63, 3.8) is 0 Å². The summed E-state index contributed by atoms with van der Waals surface area (Å²) in [6.45, 7) is 0. The van der Waals surface area contributed by atoms with Gasteiger partial charge in [0, 0.05) is 5.56 Å². The van der Waals surface area contributed by atoms with E-state index in [1.165, 1.54) is 0 Å². The molecule has 0 radical (unpaired) electrons. The van der Waals surface area contributed by atoms with Crippen LogP contribution in [0.3, 0.4) is 0 Å². The van der Waals surface area contributed by atoms with Crippen LogP contribution >= 0.6 is 24.8 Å². The van der Waals surface area contributed by atoms with Gasteiger partial charge in [0.25, 0.3) is 0 Å². The van der Waals surface area contributed by atoms with Crippen LogP contribution in [0.5, 0.6) is 0 Å². The third-order valence-electron chi connectivity index (χ3n) is 3.16. The molecule has 2 N–H and O–H groups in total. The quantitative estimate of drug-likeness (QED) is 0.227. The van der Waals surface area contributed by atoms with Crippen molar-refractivity contribution in [1.82, 2.24) is 5.32 Å². The molecule has 0 bridgehead atoms. The van der Waals surface area contributed by atoms with Gasteiger partial charge < -0.3 is 5.32 Å². The van der Waals surface area contributed by atoms with Crippen molar-refractivity contribution < 1.29 is 13.2 Å². The fraction of sp³-hybridized carbons (Fsp3) is 0.125. The van der Waals surface area contributed by atoms with Gasteiger partial charge in [0.05, 0.1) is 16.8 Å². The fourth-order valence-corrected chi connectivity index (χ4v) is 3.12. The van der Waals surface area contributed by atoms with Gasteiger partial charge in [-0.05, 0) is 23.3 Å². The molecule has 0 saturated carbocycles. The van der Waals surface area contributed by atoms with Crippen LogP contribution in [0.15, 0.2) is 48.5 Å². The first kappa shape index (κ1) is 18.4. The molecule has 2 aromatic carbocycles. The van der Waals surface area contributed by atoms with Gasteiger partial charge in [-0.25, -0.2) is 8.42 Å². The van der Waals surface area contributed by atoms with Crippen LogP contribution in [0.25, 0.3) is 11.1 Å². The molecule has 0 saturated heterocycles. The van der Waals surface area contributed by atoms with Crippen LogP contribution < -0.4 is 10.0 Å². The second kappa shape index (κ2) is 7.78. The Kier molecular flexibility index (Phi) is 5.98. The Morgan fingerprint density at radius 1 is 1.21 bits per heavy atom. The van der Waals surface area contributed by atoms with E-state index in [4.69, 9.17) is 12.2 Å². The van der Waals surface area contributed by atoms with Crippen LogP contribution in [-0.2, 0) is 14.8 Å². The molecule has 2 rings (SSSR count). The van der Waals surface area contributed by atoms with Gasteiger partial charge in [-0.1, -0.05) is 48.6 Å². The van der Waals surface area contributed by atoms with E-state index in [1.807, 2.05) is 30.3 Å². The summed E-state index contributed by atoms with van der Waals surface area (Å²) < 4.78 is 25.7. The summed E-state index contributed by atoms with van der Waals surface area (Å²) >= 11 is 9.57. The smallest absolute Gasteiger partial charge is 0.229 e. The number of anilines is 1. The highest BCUT2D eigenvalue weighted by atomic mass is 32.2. The van der Waals surface area contributed by atoms with Crippen LogP contribution in [0.2, 0.25) is 0 Å². The molecule has 0 aromatic heterocycles. The second-order valence-corrected chi connectivity index (χ2v) is 7.76. The zero-order chi connectivity index (χ0) is 17.7. The van der Waals surface area contributed by atoms with E-state index in [-0.39, 0.29) is 0 Å². The number of rotatable bonds is 7. The van der Waals surface area contributed by atoms with E-state index in [0.29, 0.717) is 28.1 Å². The summed E-state index contributed by atoms with van der Waals surface area (Å²) in [4.78, 5) is 11.0. The number of thiocarbonyl (C=S) groups is 1. The number of carbonyl (C=O) groups excluding carboxylic acids is 1. The maximum absolute atomic E-state index is 11.6. The molecule has 0 heterocycles. The summed E-state index contributed by atoms with van der Waals surface area (Å²) in [5.41, 5.74) is 2.66. The van der Waals surface area contributed by atoms with Gasteiger partial charge in [0.15, 0.2) is 0 Å². The van der Waals surface area contributed by atoms with Crippen LogP contribution in [-0.4, -0.2) is 31.3 Å². The van der Waals surface area contributed by atoms with E-state index in [1.54, 1.807) is 18.2 Å². The van der Waals surface area contributed by atoms with E-state index in [9.17, 15) is 13.2 Å². The molecule has 0 spiro atoms. The number of hydrogen-bond acceptors (Lipinski definition) is 5. The van der Waals surface area contributed by atoms with Gasteiger partial charge in [-0.15, -0.1) is 12.6 Å². The Morgan fingerprint density at radius 3 is 2.46 bits per heavy atom. The summed E-state index contributed by atoms with van der Waals surface area (Å²) in [7, 11) is -3.42. The van der Waals surface area contributed by atoms with E-state index in [2.05, 4.69) is 22.7 Å². The second-order valence-electron chi connectivity index (χ2n) is 5.05. The Balaban J connectivity index is 2.52. The van der Waals surface area contributed by atoms with Crippen molar-refractivity contribution in [3.05, 3.63) is 54.1 Å². The van der Waals surface area contributed by atoms with Crippen LogP contribution in [0, 0.1) is 0 Å². The minimum absolute atomic E-state index is 0.438. The Bertz CT molecular complexity index is 852. The molecule has 24 heavy (non-hydrogen) atoms.